The summed E-state index contributed by atoms with van der Waals surface area (Å²) < 4.78 is 2.05. The molecule has 1 aromatic heterocycles. The van der Waals surface area contributed by atoms with E-state index in [4.69, 9.17) is 5.11 Å². The van der Waals surface area contributed by atoms with Crippen LogP contribution in [-0.2, 0) is 13.1 Å². The molecule has 0 amide bonds. The van der Waals surface area contributed by atoms with Crippen molar-refractivity contribution in [2.75, 3.05) is 11.4 Å². The van der Waals surface area contributed by atoms with Crippen LogP contribution in [0, 0.1) is 6.92 Å². The molecule has 1 N–H and O–H groups in total. The van der Waals surface area contributed by atoms with Gasteiger partial charge in [0.05, 0.1) is 11.3 Å². The highest BCUT2D eigenvalue weighted by molar-refractivity contribution is 5.87. The Kier molecular flexibility index (Phi) is 3.18. The maximum absolute atomic E-state index is 10.8. The number of aromatic nitrogens is 2. The van der Waals surface area contributed by atoms with E-state index in [0.717, 1.165) is 43.1 Å². The first-order valence-corrected chi connectivity index (χ1v) is 6.75. The van der Waals surface area contributed by atoms with Crippen LogP contribution in [0.25, 0.3) is 0 Å². The van der Waals surface area contributed by atoms with E-state index in [0.29, 0.717) is 5.56 Å². The number of rotatable bonds is 3. The molecule has 0 saturated carbocycles. The Balaban J connectivity index is 1.80. The molecule has 0 radical (unpaired) electrons. The lowest BCUT2D eigenvalue weighted by Gasteiger charge is -2.29. The van der Waals surface area contributed by atoms with Gasteiger partial charge >= 0.3 is 5.97 Å². The van der Waals surface area contributed by atoms with Gasteiger partial charge in [0.1, 0.15) is 5.82 Å². The van der Waals surface area contributed by atoms with Crippen LogP contribution in [0.15, 0.2) is 30.3 Å². The number of carboxylic acid groups (broad SMARTS) is 1. The van der Waals surface area contributed by atoms with Gasteiger partial charge in [-0.15, -0.1) is 0 Å². The van der Waals surface area contributed by atoms with E-state index >= 15 is 0 Å². The highest BCUT2D eigenvalue weighted by atomic mass is 16.4. The molecule has 5 heteroatoms. The average molecular weight is 271 g/mol. The van der Waals surface area contributed by atoms with E-state index in [2.05, 4.69) is 16.1 Å². The number of nitrogens with zero attached hydrogens (tertiary/aromatic N) is 3. The number of aromatic carboxylic acids is 1. The lowest BCUT2D eigenvalue weighted by atomic mass is 10.1. The molecule has 3 rings (SSSR count). The third-order valence-electron chi connectivity index (χ3n) is 3.58. The molecule has 0 spiro atoms. The van der Waals surface area contributed by atoms with Crippen LogP contribution in [0.4, 0.5) is 5.82 Å². The summed E-state index contributed by atoms with van der Waals surface area (Å²) in [5.41, 5.74) is 2.48. The van der Waals surface area contributed by atoms with E-state index in [-0.39, 0.29) is 0 Å². The highest BCUT2D eigenvalue weighted by Gasteiger charge is 2.18. The largest absolute Gasteiger partial charge is 0.478 e. The van der Waals surface area contributed by atoms with Gasteiger partial charge in [-0.2, -0.15) is 5.10 Å². The fourth-order valence-electron chi connectivity index (χ4n) is 2.61. The summed E-state index contributed by atoms with van der Waals surface area (Å²) in [6.45, 7) is 4.76. The first-order valence-electron chi connectivity index (χ1n) is 6.75. The van der Waals surface area contributed by atoms with Crippen molar-refractivity contribution in [1.82, 2.24) is 9.78 Å². The van der Waals surface area contributed by atoms with E-state index in [1.807, 2.05) is 23.7 Å². The predicted octanol–water partition coefficient (Wildman–Crippen LogP) is 2.30. The average Bonchev–Trinajstić information content (AvgIpc) is 2.81. The van der Waals surface area contributed by atoms with Crippen molar-refractivity contribution < 1.29 is 9.90 Å². The van der Waals surface area contributed by atoms with Crippen LogP contribution in [0.3, 0.4) is 0 Å². The van der Waals surface area contributed by atoms with Crippen LogP contribution >= 0.6 is 0 Å². The lowest BCUT2D eigenvalue weighted by Crippen LogP contribution is -2.31. The van der Waals surface area contributed by atoms with Crippen molar-refractivity contribution in [3.63, 3.8) is 0 Å². The summed E-state index contributed by atoms with van der Waals surface area (Å²) in [7, 11) is 0. The maximum atomic E-state index is 10.8. The Hall–Kier alpha value is -2.30. The summed E-state index contributed by atoms with van der Waals surface area (Å²) in [6, 6.07) is 9.18. The van der Waals surface area contributed by atoms with E-state index < -0.39 is 5.97 Å². The molecule has 2 heterocycles. The van der Waals surface area contributed by atoms with Gasteiger partial charge in [0.2, 0.25) is 0 Å². The van der Waals surface area contributed by atoms with Gasteiger partial charge in [0.15, 0.2) is 0 Å². The van der Waals surface area contributed by atoms with Gasteiger partial charge < -0.3 is 10.0 Å². The van der Waals surface area contributed by atoms with Crippen LogP contribution in [0.1, 0.15) is 28.0 Å². The number of hydrogen-bond donors (Lipinski definition) is 1. The molecule has 0 fully saturated rings. The Morgan fingerprint density at radius 2 is 2.05 bits per heavy atom. The molecule has 0 aliphatic carbocycles. The number of fused-ring (bicyclic) bond motifs is 1. The third-order valence-corrected chi connectivity index (χ3v) is 3.58. The molecule has 1 aromatic carbocycles. The standard InChI is InChI=1S/C15H17N3O2/c1-11-9-14-17(7-2-8-18(14)16-11)10-12-3-5-13(6-4-12)15(19)20/h3-6,9H,2,7-8,10H2,1H3,(H,19,20). The number of anilines is 1. The molecular weight excluding hydrogens is 254 g/mol. The van der Waals surface area contributed by atoms with Gasteiger partial charge in [-0.25, -0.2) is 9.48 Å². The van der Waals surface area contributed by atoms with E-state index in [1.165, 1.54) is 0 Å². The van der Waals surface area contributed by atoms with Crippen molar-refractivity contribution >= 4 is 11.8 Å². The third kappa shape index (κ3) is 2.39. The normalized spacial score (nSPS) is 14.2. The summed E-state index contributed by atoms with van der Waals surface area (Å²) >= 11 is 0. The Bertz CT molecular complexity index is 631. The first-order chi connectivity index (χ1) is 9.63. The number of carboxylic acids is 1. The fraction of sp³-hybridized carbons (Fsp3) is 0.333. The van der Waals surface area contributed by atoms with Gasteiger partial charge in [0, 0.05) is 25.7 Å². The zero-order valence-electron chi connectivity index (χ0n) is 11.4. The van der Waals surface area contributed by atoms with Gasteiger partial charge in [-0.3, -0.25) is 0 Å². The number of hydrogen-bond acceptors (Lipinski definition) is 3. The molecule has 0 saturated heterocycles. The smallest absolute Gasteiger partial charge is 0.335 e. The maximum Gasteiger partial charge on any atom is 0.335 e. The van der Waals surface area contributed by atoms with Crippen LogP contribution in [0.2, 0.25) is 0 Å². The molecule has 5 nitrogen and oxygen atoms in total. The molecule has 2 aromatic rings. The molecule has 0 unspecified atom stereocenters. The minimum absolute atomic E-state index is 0.327. The SMILES string of the molecule is Cc1cc2n(n1)CCCN2Cc1ccc(C(=O)O)cc1. The Morgan fingerprint density at radius 1 is 1.30 bits per heavy atom. The lowest BCUT2D eigenvalue weighted by molar-refractivity contribution is 0.0697. The molecular formula is C15H17N3O2. The number of benzene rings is 1. The second kappa shape index (κ2) is 5.00. The fourth-order valence-corrected chi connectivity index (χ4v) is 2.61. The zero-order chi connectivity index (χ0) is 14.1. The van der Waals surface area contributed by atoms with Crippen LogP contribution < -0.4 is 4.90 Å². The summed E-state index contributed by atoms with van der Waals surface area (Å²) in [6.07, 6.45) is 1.08. The molecule has 1 aliphatic heterocycles. The molecule has 0 atom stereocenters. The van der Waals surface area contributed by atoms with Crippen molar-refractivity contribution in [2.45, 2.75) is 26.4 Å². The second-order valence-electron chi connectivity index (χ2n) is 5.14. The van der Waals surface area contributed by atoms with E-state index in [9.17, 15) is 4.79 Å². The first kappa shape index (κ1) is 12.7. The van der Waals surface area contributed by atoms with Gasteiger partial charge in [-0.05, 0) is 31.0 Å². The monoisotopic (exact) mass is 271 g/mol. The minimum Gasteiger partial charge on any atom is -0.478 e. The van der Waals surface area contributed by atoms with Crippen molar-refractivity contribution in [1.29, 1.82) is 0 Å². The topological polar surface area (TPSA) is 58.4 Å². The molecule has 1 aliphatic rings. The number of aryl methyl sites for hydroxylation is 2. The van der Waals surface area contributed by atoms with Crippen molar-refractivity contribution in [3.05, 3.63) is 47.2 Å². The summed E-state index contributed by atoms with van der Waals surface area (Å²) in [4.78, 5) is 13.1. The Labute approximate surface area is 117 Å². The number of carbonyl (C=O) groups is 1. The van der Waals surface area contributed by atoms with Crippen molar-refractivity contribution in [3.8, 4) is 0 Å². The molecule has 0 bridgehead atoms. The van der Waals surface area contributed by atoms with Gasteiger partial charge in [-0.1, -0.05) is 12.1 Å². The minimum atomic E-state index is -0.886. The van der Waals surface area contributed by atoms with Crippen molar-refractivity contribution in [2.24, 2.45) is 0 Å². The summed E-state index contributed by atoms with van der Waals surface area (Å²) in [5, 5.41) is 13.4. The molecule has 20 heavy (non-hydrogen) atoms. The Morgan fingerprint density at radius 3 is 2.75 bits per heavy atom. The van der Waals surface area contributed by atoms with Crippen LogP contribution in [-0.4, -0.2) is 27.4 Å². The predicted molar refractivity (Wildman–Crippen MR) is 76.0 cm³/mol. The van der Waals surface area contributed by atoms with Gasteiger partial charge in [0.25, 0.3) is 0 Å². The highest BCUT2D eigenvalue weighted by Crippen LogP contribution is 2.23. The summed E-state index contributed by atoms with van der Waals surface area (Å²) in [5.74, 6) is 0.263. The van der Waals surface area contributed by atoms with E-state index in [1.54, 1.807) is 12.1 Å². The quantitative estimate of drug-likeness (QED) is 0.930. The second-order valence-corrected chi connectivity index (χ2v) is 5.14. The zero-order valence-corrected chi connectivity index (χ0v) is 11.4. The van der Waals surface area contributed by atoms with Crippen LogP contribution in [0.5, 0.6) is 0 Å². The molecule has 104 valence electrons.